The average molecular weight is 425 g/mol. The number of carbonyl (C=O) groups is 1. The maximum Gasteiger partial charge on any atom is 0.416 e. The van der Waals surface area contributed by atoms with Gasteiger partial charge in [-0.2, -0.15) is 18.3 Å². The Morgan fingerprint density at radius 1 is 1.21 bits per heavy atom. The van der Waals surface area contributed by atoms with Crippen molar-refractivity contribution in [2.24, 2.45) is 0 Å². The lowest BCUT2D eigenvalue weighted by Gasteiger charge is -2.38. The van der Waals surface area contributed by atoms with Gasteiger partial charge >= 0.3 is 6.18 Å². The van der Waals surface area contributed by atoms with E-state index >= 15 is 0 Å². The largest absolute Gasteiger partial charge is 0.416 e. The molecule has 29 heavy (non-hydrogen) atoms. The fourth-order valence-electron chi connectivity index (χ4n) is 3.23. The number of hydrogen-bond acceptors (Lipinski definition) is 3. The second-order valence-corrected chi connectivity index (χ2v) is 7.10. The second kappa shape index (κ2) is 6.84. The molecule has 1 aromatic carbocycles. The van der Waals surface area contributed by atoms with Crippen LogP contribution in [0.4, 0.5) is 17.6 Å². The van der Waals surface area contributed by atoms with E-state index in [1.807, 2.05) is 0 Å². The zero-order chi connectivity index (χ0) is 20.9. The van der Waals surface area contributed by atoms with E-state index in [9.17, 15) is 22.4 Å². The van der Waals surface area contributed by atoms with E-state index < -0.39 is 23.5 Å². The third-order valence-corrected chi connectivity index (χ3v) is 4.93. The summed E-state index contributed by atoms with van der Waals surface area (Å²) in [4.78, 5) is 17.2. The highest BCUT2D eigenvalue weighted by Crippen LogP contribution is 2.35. The molecule has 1 aliphatic heterocycles. The van der Waals surface area contributed by atoms with E-state index in [4.69, 9.17) is 11.6 Å². The lowest BCUT2D eigenvalue weighted by molar-refractivity contribution is -0.137. The number of rotatable bonds is 3. The summed E-state index contributed by atoms with van der Waals surface area (Å²) in [6, 6.07) is 6.01. The number of nitrogens with zero attached hydrogens (tertiary/aromatic N) is 4. The van der Waals surface area contributed by atoms with E-state index in [-0.39, 0.29) is 19.1 Å². The molecule has 1 amide bonds. The summed E-state index contributed by atoms with van der Waals surface area (Å²) >= 11 is 6.05. The molecule has 1 fully saturated rings. The van der Waals surface area contributed by atoms with Gasteiger partial charge in [0.1, 0.15) is 5.69 Å². The van der Waals surface area contributed by atoms with Gasteiger partial charge in [-0.1, -0.05) is 30.3 Å². The van der Waals surface area contributed by atoms with Crippen LogP contribution >= 0.6 is 11.6 Å². The molecule has 0 radical (unpaired) electrons. The maximum atomic E-state index is 13.0. The molecule has 0 aliphatic carbocycles. The summed E-state index contributed by atoms with van der Waals surface area (Å²) in [5, 5.41) is 5.43. The summed E-state index contributed by atoms with van der Waals surface area (Å²) in [5.41, 5.74) is 0.597. The highest BCUT2D eigenvalue weighted by molar-refractivity contribution is 6.31. The van der Waals surface area contributed by atoms with Crippen LogP contribution in [0.25, 0.3) is 22.3 Å². The van der Waals surface area contributed by atoms with Gasteiger partial charge in [0.2, 0.25) is 0 Å². The number of alkyl halides is 3. The zero-order valence-corrected chi connectivity index (χ0v) is 15.5. The van der Waals surface area contributed by atoms with Crippen molar-refractivity contribution in [1.82, 2.24) is 19.7 Å². The smallest absolute Gasteiger partial charge is 0.332 e. The van der Waals surface area contributed by atoms with E-state index in [1.54, 1.807) is 10.7 Å². The van der Waals surface area contributed by atoms with Gasteiger partial charge in [0, 0.05) is 30.2 Å². The predicted octanol–water partition coefficient (Wildman–Crippen LogP) is 4.64. The van der Waals surface area contributed by atoms with Gasteiger partial charge in [-0.25, -0.2) is 14.1 Å². The topological polar surface area (TPSA) is 51.0 Å². The molecule has 0 N–H and O–H groups in total. The van der Waals surface area contributed by atoms with Gasteiger partial charge in [-0.15, -0.1) is 0 Å². The van der Waals surface area contributed by atoms with Crippen molar-refractivity contribution in [3.8, 4) is 11.3 Å². The number of aromatic nitrogens is 3. The van der Waals surface area contributed by atoms with Crippen LogP contribution in [0.5, 0.6) is 0 Å². The molecule has 150 valence electrons. The number of halogens is 5. The van der Waals surface area contributed by atoms with Crippen molar-refractivity contribution < 1.29 is 22.4 Å². The maximum absolute atomic E-state index is 13.0. The molecule has 4 rings (SSSR count). The van der Waals surface area contributed by atoms with Crippen LogP contribution in [0.1, 0.15) is 11.6 Å². The van der Waals surface area contributed by atoms with Crippen molar-refractivity contribution >= 4 is 28.5 Å². The first kappa shape index (κ1) is 19.4. The second-order valence-electron chi connectivity index (χ2n) is 6.66. The lowest BCUT2D eigenvalue weighted by Crippen LogP contribution is -2.51. The van der Waals surface area contributed by atoms with Crippen LogP contribution in [-0.2, 0) is 11.0 Å². The summed E-state index contributed by atoms with van der Waals surface area (Å²) in [6.07, 6.45) is -3.00. The normalized spacial score (nSPS) is 14.9. The fraction of sp³-hybridized carbons (Fsp3) is 0.211. The Morgan fingerprint density at radius 3 is 2.45 bits per heavy atom. The van der Waals surface area contributed by atoms with Crippen LogP contribution < -0.4 is 0 Å². The zero-order valence-electron chi connectivity index (χ0n) is 14.7. The molecule has 0 spiro atoms. The SMILES string of the molecule is C=C(F)C(=O)N1CC(n2nc(-c3ccc(C(F)(F)F)cc3)c3cc(Cl)cnc32)C1. The Bertz CT molecular complexity index is 1120. The molecule has 5 nitrogen and oxygen atoms in total. The first-order valence-corrected chi connectivity index (χ1v) is 8.88. The Morgan fingerprint density at radius 2 is 1.86 bits per heavy atom. The highest BCUT2D eigenvalue weighted by atomic mass is 35.5. The van der Waals surface area contributed by atoms with E-state index in [0.29, 0.717) is 27.3 Å². The molecule has 0 saturated carbocycles. The third-order valence-electron chi connectivity index (χ3n) is 4.73. The lowest BCUT2D eigenvalue weighted by atomic mass is 10.1. The van der Waals surface area contributed by atoms with Gasteiger partial charge < -0.3 is 4.90 Å². The number of hydrogen-bond donors (Lipinski definition) is 0. The van der Waals surface area contributed by atoms with Crippen LogP contribution in [0, 0.1) is 0 Å². The molecular formula is C19H13ClF4N4O. The van der Waals surface area contributed by atoms with Gasteiger partial charge in [0.05, 0.1) is 16.6 Å². The number of likely N-dealkylation sites (tertiary alicyclic amines) is 1. The molecule has 10 heteroatoms. The van der Waals surface area contributed by atoms with Crippen LogP contribution in [0.15, 0.2) is 48.9 Å². The molecule has 3 aromatic rings. The molecule has 0 unspecified atom stereocenters. The van der Waals surface area contributed by atoms with E-state index in [2.05, 4.69) is 16.7 Å². The van der Waals surface area contributed by atoms with Gasteiger partial charge in [-0.3, -0.25) is 4.79 Å². The Kier molecular flexibility index (Phi) is 4.57. The number of carbonyl (C=O) groups excluding carboxylic acids is 1. The first-order chi connectivity index (χ1) is 13.6. The minimum absolute atomic E-state index is 0.218. The minimum Gasteiger partial charge on any atom is -0.332 e. The number of fused-ring (bicyclic) bond motifs is 1. The predicted molar refractivity (Wildman–Crippen MR) is 98.8 cm³/mol. The van der Waals surface area contributed by atoms with Crippen molar-refractivity contribution in [2.45, 2.75) is 12.2 Å². The van der Waals surface area contributed by atoms with Gasteiger partial charge in [-0.05, 0) is 18.2 Å². The molecule has 3 heterocycles. The molecule has 0 atom stereocenters. The van der Waals surface area contributed by atoms with E-state index in [0.717, 1.165) is 12.1 Å². The summed E-state index contributed by atoms with van der Waals surface area (Å²) < 4.78 is 53.1. The number of pyridine rings is 1. The Hall–Kier alpha value is -2.94. The third kappa shape index (κ3) is 3.46. The van der Waals surface area contributed by atoms with E-state index in [1.165, 1.54) is 23.2 Å². The van der Waals surface area contributed by atoms with Crippen molar-refractivity contribution in [2.75, 3.05) is 13.1 Å². The van der Waals surface area contributed by atoms with Gasteiger partial charge in [0.25, 0.3) is 5.91 Å². The van der Waals surface area contributed by atoms with Crippen molar-refractivity contribution in [3.05, 3.63) is 59.5 Å². The summed E-state index contributed by atoms with van der Waals surface area (Å²) in [7, 11) is 0. The number of benzene rings is 1. The monoisotopic (exact) mass is 424 g/mol. The molecule has 1 saturated heterocycles. The molecule has 0 bridgehead atoms. The fourth-order valence-corrected chi connectivity index (χ4v) is 3.39. The standard InChI is InChI=1S/C19H13ClF4N4O/c1-10(21)18(29)27-8-14(9-27)28-17-15(6-13(20)7-25-17)16(26-28)11-2-4-12(5-3-11)19(22,23)24/h2-7,14H,1,8-9H2. The summed E-state index contributed by atoms with van der Waals surface area (Å²) in [5.74, 6) is -1.82. The average Bonchev–Trinajstić information content (AvgIpc) is 2.98. The van der Waals surface area contributed by atoms with Crippen molar-refractivity contribution in [1.29, 1.82) is 0 Å². The molecule has 2 aromatic heterocycles. The van der Waals surface area contributed by atoms with Crippen LogP contribution in [0.3, 0.4) is 0 Å². The Balaban J connectivity index is 1.72. The Labute approximate surface area is 167 Å². The molecular weight excluding hydrogens is 412 g/mol. The minimum atomic E-state index is -4.44. The molecule has 1 aliphatic rings. The van der Waals surface area contributed by atoms with Crippen molar-refractivity contribution in [3.63, 3.8) is 0 Å². The first-order valence-electron chi connectivity index (χ1n) is 8.50. The van der Waals surface area contributed by atoms with Gasteiger partial charge in [0.15, 0.2) is 11.5 Å². The van der Waals surface area contributed by atoms with Crippen LogP contribution in [0.2, 0.25) is 5.02 Å². The number of amides is 1. The summed E-state index contributed by atoms with van der Waals surface area (Å²) in [6.45, 7) is 3.43. The quantitative estimate of drug-likeness (QED) is 0.455. The highest BCUT2D eigenvalue weighted by Gasteiger charge is 2.35. The van der Waals surface area contributed by atoms with Crippen LogP contribution in [-0.4, -0.2) is 38.7 Å².